The van der Waals surface area contributed by atoms with Crippen LogP contribution in [0.3, 0.4) is 0 Å². The zero-order valence-electron chi connectivity index (χ0n) is 40.2. The number of carbonyl (C=O) groups excluding carboxylic acids is 5. The Balaban J connectivity index is 0.593. The van der Waals surface area contributed by atoms with Gasteiger partial charge >= 0.3 is 6.03 Å². The lowest BCUT2D eigenvalue weighted by molar-refractivity contribution is -0.136. The number of hydrogen-bond acceptors (Lipinski definition) is 13. The summed E-state index contributed by atoms with van der Waals surface area (Å²) in [7, 11) is 0. The Labute approximate surface area is 413 Å². The third kappa shape index (κ3) is 9.59. The van der Waals surface area contributed by atoms with Crippen LogP contribution in [0.1, 0.15) is 96.0 Å². The summed E-state index contributed by atoms with van der Waals surface area (Å²) in [5.41, 5.74) is 10.7. The molecule has 0 spiro atoms. The molecule has 1 unspecified atom stereocenters. The molecule has 6 amide bonds. The summed E-state index contributed by atoms with van der Waals surface area (Å²) in [6.07, 6.45) is 8.64. The molecule has 6 aliphatic heterocycles. The number of para-hydroxylation sites is 1. The van der Waals surface area contributed by atoms with E-state index in [2.05, 4.69) is 39.6 Å². The third-order valence-corrected chi connectivity index (χ3v) is 15.8. The van der Waals surface area contributed by atoms with Crippen molar-refractivity contribution >= 4 is 46.5 Å². The number of piperidine rings is 4. The number of fused-ring (bicyclic) bond motifs is 2. The average molecular weight is 963 g/mol. The Morgan fingerprint density at radius 3 is 2.06 bits per heavy atom. The van der Waals surface area contributed by atoms with Crippen molar-refractivity contribution in [3.05, 3.63) is 95.8 Å². The molecule has 71 heavy (non-hydrogen) atoms. The lowest BCUT2D eigenvalue weighted by atomic mass is 9.88. The van der Waals surface area contributed by atoms with Gasteiger partial charge in [-0.3, -0.25) is 34.3 Å². The Bertz CT molecular complexity index is 2790. The number of benzene rings is 3. The maximum atomic E-state index is 13.7. The van der Waals surface area contributed by atoms with Gasteiger partial charge in [0, 0.05) is 70.4 Å². The fourth-order valence-electron chi connectivity index (χ4n) is 11.8. The highest BCUT2D eigenvalue weighted by atomic mass is 16.5. The number of urea groups is 1. The van der Waals surface area contributed by atoms with E-state index in [0.29, 0.717) is 23.0 Å². The highest BCUT2D eigenvalue weighted by Crippen LogP contribution is 2.37. The van der Waals surface area contributed by atoms with Crippen molar-refractivity contribution in [2.75, 3.05) is 84.3 Å². The molecule has 0 aliphatic carbocycles. The maximum absolute atomic E-state index is 13.7. The number of likely N-dealkylation sites (tertiary alicyclic amines) is 3. The number of piperazine rings is 1. The molecule has 0 radical (unpaired) electrons. The lowest BCUT2D eigenvalue weighted by Gasteiger charge is -2.43. The van der Waals surface area contributed by atoms with Crippen LogP contribution in [0.25, 0.3) is 22.3 Å². The van der Waals surface area contributed by atoms with Gasteiger partial charge in [-0.2, -0.15) is 5.10 Å². The largest absolute Gasteiger partial charge is 0.457 e. The molecule has 2 aromatic heterocycles. The molecule has 0 bridgehead atoms. The minimum atomic E-state index is -0.959. The first kappa shape index (κ1) is 46.6. The monoisotopic (exact) mass is 962 g/mol. The van der Waals surface area contributed by atoms with Crippen LogP contribution in [0.5, 0.6) is 11.5 Å². The van der Waals surface area contributed by atoms with E-state index in [1.54, 1.807) is 6.07 Å². The predicted octanol–water partition coefficient (Wildman–Crippen LogP) is 5.38. The van der Waals surface area contributed by atoms with Gasteiger partial charge < -0.3 is 30.1 Å². The van der Waals surface area contributed by atoms with Crippen LogP contribution >= 0.6 is 0 Å². The summed E-state index contributed by atoms with van der Waals surface area (Å²) >= 11 is 0. The summed E-state index contributed by atoms with van der Waals surface area (Å²) < 4.78 is 8.09. The molecule has 3 aromatic carbocycles. The van der Waals surface area contributed by atoms with Crippen molar-refractivity contribution < 1.29 is 28.7 Å². The van der Waals surface area contributed by atoms with Gasteiger partial charge in [0.2, 0.25) is 11.8 Å². The molecule has 370 valence electrons. The minimum Gasteiger partial charge on any atom is -0.457 e. The lowest BCUT2D eigenvalue weighted by Crippen LogP contribution is -2.56. The number of nitrogens with zero attached hydrogens (tertiary/aromatic N) is 10. The molecule has 5 fully saturated rings. The Morgan fingerprint density at radius 2 is 1.34 bits per heavy atom. The van der Waals surface area contributed by atoms with Crippen LogP contribution in [-0.2, 0) is 9.59 Å². The number of nitrogens with one attached hydrogen (secondary N) is 1. The molecule has 3 N–H and O–H groups in total. The summed E-state index contributed by atoms with van der Waals surface area (Å²) in [5, 5.41) is 8.17. The number of amides is 6. The van der Waals surface area contributed by atoms with Crippen molar-refractivity contribution in [1.29, 1.82) is 0 Å². The standard InChI is InChI=1S/C53H62N12O6/c54-48-46-47(36-7-10-41(11-8-36)71-40-5-2-1-3-6-40)58-65(49(46)56-34-55-48)39-19-25-61(26-20-39)38-17-27-62(28-18-38)53(70)63-31-29-60(30-32-63)22-4-21-59-23-15-35(16-24-59)37-9-12-42-43(33-37)52(69)64(51(42)68)44-13-14-45(66)57-50(44)67/h1-3,5-12,33-35,38-39,44H,4,13-32H2,(H2,54,55,56)(H,57,66,67). The van der Waals surface area contributed by atoms with E-state index < -0.39 is 23.8 Å². The topological polar surface area (TPSA) is 196 Å². The van der Waals surface area contributed by atoms with Crippen LogP contribution in [0.15, 0.2) is 79.1 Å². The zero-order valence-corrected chi connectivity index (χ0v) is 40.2. The molecule has 8 heterocycles. The minimum absolute atomic E-state index is 0.101. The average Bonchev–Trinajstić information content (AvgIpc) is 3.92. The molecule has 6 aliphatic rings. The number of imide groups is 2. The van der Waals surface area contributed by atoms with E-state index in [1.807, 2.05) is 71.6 Å². The molecule has 0 saturated carbocycles. The van der Waals surface area contributed by atoms with Gasteiger partial charge in [-0.15, -0.1) is 0 Å². The number of carbonyl (C=O) groups is 5. The highest BCUT2D eigenvalue weighted by Gasteiger charge is 2.45. The van der Waals surface area contributed by atoms with Crippen molar-refractivity contribution in [3.8, 4) is 22.8 Å². The summed E-state index contributed by atoms with van der Waals surface area (Å²) in [5.74, 6) is 0.328. The van der Waals surface area contributed by atoms with Crippen LogP contribution in [-0.4, -0.2) is 169 Å². The summed E-state index contributed by atoms with van der Waals surface area (Å²) in [6.45, 7) is 10.7. The molecule has 5 saturated heterocycles. The third-order valence-electron chi connectivity index (χ3n) is 15.8. The van der Waals surface area contributed by atoms with E-state index in [4.69, 9.17) is 15.6 Å². The van der Waals surface area contributed by atoms with Crippen LogP contribution < -0.4 is 15.8 Å². The second kappa shape index (κ2) is 20.2. The predicted molar refractivity (Wildman–Crippen MR) is 266 cm³/mol. The number of nitrogen functional groups attached to an aromatic ring is 1. The first-order chi connectivity index (χ1) is 34.6. The van der Waals surface area contributed by atoms with Gasteiger partial charge in [-0.25, -0.2) is 19.4 Å². The van der Waals surface area contributed by atoms with Crippen LogP contribution in [0, 0.1) is 0 Å². The number of rotatable bonds is 11. The normalized spacial score (nSPS) is 21.6. The second-order valence-electron chi connectivity index (χ2n) is 20.0. The summed E-state index contributed by atoms with van der Waals surface area (Å²) in [4.78, 5) is 86.2. The van der Waals surface area contributed by atoms with E-state index in [0.717, 1.165) is 168 Å². The van der Waals surface area contributed by atoms with Crippen molar-refractivity contribution in [2.24, 2.45) is 0 Å². The van der Waals surface area contributed by atoms with Gasteiger partial charge in [-0.05, 0) is 138 Å². The van der Waals surface area contributed by atoms with Gasteiger partial charge in [0.1, 0.15) is 35.4 Å². The maximum Gasteiger partial charge on any atom is 0.320 e. The summed E-state index contributed by atoms with van der Waals surface area (Å²) in [6, 6.07) is 23.0. The van der Waals surface area contributed by atoms with Crippen LogP contribution in [0.4, 0.5) is 10.6 Å². The Kier molecular flexibility index (Phi) is 13.2. The molecule has 5 aromatic rings. The Hall–Kier alpha value is -6.76. The van der Waals surface area contributed by atoms with Crippen molar-refractivity contribution in [1.82, 2.24) is 54.5 Å². The van der Waals surface area contributed by atoms with E-state index in [9.17, 15) is 24.0 Å². The van der Waals surface area contributed by atoms with Gasteiger partial charge in [0.15, 0.2) is 5.65 Å². The first-order valence-corrected chi connectivity index (χ1v) is 25.6. The van der Waals surface area contributed by atoms with Gasteiger partial charge in [-0.1, -0.05) is 24.3 Å². The Morgan fingerprint density at radius 1 is 0.676 bits per heavy atom. The number of aromatic nitrogens is 4. The van der Waals surface area contributed by atoms with Gasteiger partial charge in [0.05, 0.1) is 22.6 Å². The van der Waals surface area contributed by atoms with E-state index in [1.165, 1.54) is 6.33 Å². The van der Waals surface area contributed by atoms with E-state index in [-0.39, 0.29) is 36.7 Å². The van der Waals surface area contributed by atoms with Crippen molar-refractivity contribution in [2.45, 2.75) is 81.8 Å². The fraction of sp³-hybridized carbons (Fsp3) is 0.472. The molecule has 18 nitrogen and oxygen atoms in total. The quantitative estimate of drug-likeness (QED) is 0.161. The molecular weight excluding hydrogens is 901 g/mol. The fourth-order valence-corrected chi connectivity index (χ4v) is 11.8. The van der Waals surface area contributed by atoms with Crippen LogP contribution in [0.2, 0.25) is 0 Å². The van der Waals surface area contributed by atoms with Crippen molar-refractivity contribution in [3.63, 3.8) is 0 Å². The molecular formula is C53H62N12O6. The zero-order chi connectivity index (χ0) is 48.6. The highest BCUT2D eigenvalue weighted by molar-refractivity contribution is 6.23. The second-order valence-corrected chi connectivity index (χ2v) is 20.0. The molecule has 11 rings (SSSR count). The van der Waals surface area contributed by atoms with Gasteiger partial charge in [0.25, 0.3) is 11.8 Å². The number of hydrogen-bond donors (Lipinski definition) is 2. The smallest absolute Gasteiger partial charge is 0.320 e. The number of nitrogens with two attached hydrogens (primary N) is 1. The number of anilines is 1. The number of ether oxygens (including phenoxy) is 1. The molecule has 1 atom stereocenters. The SMILES string of the molecule is Nc1ncnc2c1c(-c1ccc(Oc3ccccc3)cc1)nn2C1CCN(C2CCN(C(=O)N3CCN(CCCN4CCC(c5ccc6c(c5)C(=O)N(C5CCC(=O)NC5=O)C6=O)CC4)CC3)CC2)CC1. The van der Waals surface area contributed by atoms with E-state index >= 15 is 0 Å². The molecule has 18 heteroatoms. The first-order valence-electron chi connectivity index (χ1n) is 25.6.